The smallest absolute Gasteiger partial charge is 0.159 e. The highest BCUT2D eigenvalue weighted by molar-refractivity contribution is 5.37. The molecule has 1 nitrogen and oxygen atoms in total. The van der Waals surface area contributed by atoms with Gasteiger partial charge in [-0.15, -0.1) is 0 Å². The number of halogens is 3. The average molecular weight is 279 g/mol. The van der Waals surface area contributed by atoms with E-state index in [1.807, 2.05) is 0 Å². The van der Waals surface area contributed by atoms with Crippen molar-refractivity contribution in [3.05, 3.63) is 70.0 Å². The summed E-state index contributed by atoms with van der Waals surface area (Å²) in [5.74, 6) is -2.07. The molecule has 106 valence electrons. The fourth-order valence-corrected chi connectivity index (χ4v) is 2.53. The van der Waals surface area contributed by atoms with Crippen LogP contribution in [0.5, 0.6) is 0 Å². The van der Waals surface area contributed by atoms with Crippen LogP contribution < -0.4 is 5.73 Å². The monoisotopic (exact) mass is 279 g/mol. The van der Waals surface area contributed by atoms with Crippen LogP contribution in [-0.2, 0) is 6.42 Å². The summed E-state index contributed by atoms with van der Waals surface area (Å²) >= 11 is 0. The van der Waals surface area contributed by atoms with E-state index in [1.165, 1.54) is 18.2 Å². The molecule has 1 atom stereocenters. The minimum Gasteiger partial charge on any atom is -0.324 e. The molecule has 0 aliphatic heterocycles. The number of rotatable bonds is 3. The third-order valence-corrected chi connectivity index (χ3v) is 3.37. The molecule has 2 N–H and O–H groups in total. The summed E-state index contributed by atoms with van der Waals surface area (Å²) in [5, 5.41) is 0. The number of aryl methyl sites for hydroxylation is 2. The summed E-state index contributed by atoms with van der Waals surface area (Å²) < 4.78 is 39.3. The molecule has 0 heterocycles. The standard InChI is InChI=1S/C16H16F3N/c1-9-5-12(17)6-10(2)16(9)15(20)8-11-3-4-13(18)14(19)7-11/h3-7,15H,8,20H2,1-2H3. The van der Waals surface area contributed by atoms with Crippen molar-refractivity contribution >= 4 is 0 Å². The average Bonchev–Trinajstić information content (AvgIpc) is 2.32. The quantitative estimate of drug-likeness (QED) is 0.904. The minimum atomic E-state index is -0.887. The first-order chi connectivity index (χ1) is 9.38. The second kappa shape index (κ2) is 5.67. The minimum absolute atomic E-state index is 0.302. The Labute approximate surface area is 116 Å². The van der Waals surface area contributed by atoms with Crippen LogP contribution in [0.1, 0.15) is 28.3 Å². The highest BCUT2D eigenvalue weighted by Gasteiger charge is 2.15. The predicted molar refractivity (Wildman–Crippen MR) is 72.9 cm³/mol. The van der Waals surface area contributed by atoms with E-state index in [0.717, 1.165) is 28.8 Å². The van der Waals surface area contributed by atoms with E-state index >= 15 is 0 Å². The maximum absolute atomic E-state index is 13.3. The van der Waals surface area contributed by atoms with Crippen LogP contribution in [0, 0.1) is 31.3 Å². The van der Waals surface area contributed by atoms with Gasteiger partial charge in [0.2, 0.25) is 0 Å². The summed E-state index contributed by atoms with van der Waals surface area (Å²) in [4.78, 5) is 0. The molecule has 2 aromatic carbocycles. The van der Waals surface area contributed by atoms with Gasteiger partial charge in [-0.3, -0.25) is 0 Å². The normalized spacial score (nSPS) is 12.5. The van der Waals surface area contributed by atoms with Gasteiger partial charge in [-0.05, 0) is 66.8 Å². The first kappa shape index (κ1) is 14.6. The molecule has 0 radical (unpaired) electrons. The summed E-state index contributed by atoms with van der Waals surface area (Å²) in [6, 6.07) is 6.19. The van der Waals surface area contributed by atoms with Gasteiger partial charge < -0.3 is 5.73 Å². The Kier molecular flexibility index (Phi) is 4.14. The molecular weight excluding hydrogens is 263 g/mol. The fraction of sp³-hybridized carbons (Fsp3) is 0.250. The molecule has 0 bridgehead atoms. The molecule has 0 aromatic heterocycles. The number of hydrogen-bond acceptors (Lipinski definition) is 1. The summed E-state index contributed by atoms with van der Waals surface area (Å²) in [6.45, 7) is 3.58. The molecule has 0 spiro atoms. The van der Waals surface area contributed by atoms with Crippen molar-refractivity contribution in [2.45, 2.75) is 26.3 Å². The first-order valence-corrected chi connectivity index (χ1v) is 6.34. The third kappa shape index (κ3) is 3.02. The van der Waals surface area contributed by atoms with Gasteiger partial charge in [-0.25, -0.2) is 13.2 Å². The lowest BCUT2D eigenvalue weighted by Crippen LogP contribution is -2.16. The summed E-state index contributed by atoms with van der Waals surface area (Å²) in [7, 11) is 0. The Bertz CT molecular complexity index is 615. The zero-order valence-corrected chi connectivity index (χ0v) is 11.4. The van der Waals surface area contributed by atoms with Gasteiger partial charge in [0, 0.05) is 6.04 Å². The Balaban J connectivity index is 2.28. The molecule has 0 aliphatic carbocycles. The lowest BCUT2D eigenvalue weighted by atomic mass is 9.92. The van der Waals surface area contributed by atoms with Crippen molar-refractivity contribution in [2.24, 2.45) is 5.73 Å². The molecule has 0 saturated heterocycles. The van der Waals surface area contributed by atoms with E-state index in [4.69, 9.17) is 5.73 Å². The highest BCUT2D eigenvalue weighted by atomic mass is 19.2. The van der Waals surface area contributed by atoms with Gasteiger partial charge in [0.25, 0.3) is 0 Å². The van der Waals surface area contributed by atoms with Crippen LogP contribution in [-0.4, -0.2) is 0 Å². The van der Waals surface area contributed by atoms with Gasteiger partial charge in [0.15, 0.2) is 11.6 Å². The van der Waals surface area contributed by atoms with Gasteiger partial charge in [0.1, 0.15) is 5.82 Å². The van der Waals surface area contributed by atoms with Crippen molar-refractivity contribution in [1.29, 1.82) is 0 Å². The van der Waals surface area contributed by atoms with E-state index < -0.39 is 11.6 Å². The van der Waals surface area contributed by atoms with Crippen molar-refractivity contribution in [3.8, 4) is 0 Å². The Hall–Kier alpha value is -1.81. The predicted octanol–water partition coefficient (Wildman–Crippen LogP) is 3.96. The maximum Gasteiger partial charge on any atom is 0.159 e. The van der Waals surface area contributed by atoms with Crippen LogP contribution >= 0.6 is 0 Å². The van der Waals surface area contributed by atoms with Crippen molar-refractivity contribution in [3.63, 3.8) is 0 Å². The van der Waals surface area contributed by atoms with Crippen LogP contribution in [0.4, 0.5) is 13.2 Å². The van der Waals surface area contributed by atoms with E-state index in [2.05, 4.69) is 0 Å². The van der Waals surface area contributed by atoms with Gasteiger partial charge in [-0.2, -0.15) is 0 Å². The molecular formula is C16H16F3N. The third-order valence-electron chi connectivity index (χ3n) is 3.37. The van der Waals surface area contributed by atoms with E-state index in [1.54, 1.807) is 13.8 Å². The van der Waals surface area contributed by atoms with E-state index in [0.29, 0.717) is 12.0 Å². The second-order valence-electron chi connectivity index (χ2n) is 5.01. The molecule has 4 heteroatoms. The Morgan fingerprint density at radius 2 is 1.55 bits per heavy atom. The topological polar surface area (TPSA) is 26.0 Å². The van der Waals surface area contributed by atoms with Crippen LogP contribution in [0.3, 0.4) is 0 Å². The second-order valence-corrected chi connectivity index (χ2v) is 5.01. The molecule has 0 aliphatic rings. The Morgan fingerprint density at radius 1 is 0.950 bits per heavy atom. The van der Waals surface area contributed by atoms with Crippen molar-refractivity contribution < 1.29 is 13.2 Å². The van der Waals surface area contributed by atoms with E-state index in [-0.39, 0.29) is 11.9 Å². The molecule has 1 unspecified atom stereocenters. The van der Waals surface area contributed by atoms with Crippen molar-refractivity contribution in [2.75, 3.05) is 0 Å². The zero-order chi connectivity index (χ0) is 14.9. The first-order valence-electron chi connectivity index (χ1n) is 6.34. The zero-order valence-electron chi connectivity index (χ0n) is 11.4. The fourth-order valence-electron chi connectivity index (χ4n) is 2.53. The lowest BCUT2D eigenvalue weighted by molar-refractivity contribution is 0.506. The van der Waals surface area contributed by atoms with Crippen molar-refractivity contribution in [1.82, 2.24) is 0 Å². The molecule has 20 heavy (non-hydrogen) atoms. The number of benzene rings is 2. The Morgan fingerprint density at radius 3 is 2.10 bits per heavy atom. The number of hydrogen-bond donors (Lipinski definition) is 1. The largest absolute Gasteiger partial charge is 0.324 e. The molecule has 2 rings (SSSR count). The molecule has 0 amide bonds. The maximum atomic E-state index is 13.3. The van der Waals surface area contributed by atoms with E-state index in [9.17, 15) is 13.2 Å². The van der Waals surface area contributed by atoms with Gasteiger partial charge in [0.05, 0.1) is 0 Å². The molecule has 0 fully saturated rings. The van der Waals surface area contributed by atoms with Gasteiger partial charge >= 0.3 is 0 Å². The summed E-state index contributed by atoms with van der Waals surface area (Å²) in [6.07, 6.45) is 0.366. The van der Waals surface area contributed by atoms with Crippen LogP contribution in [0.25, 0.3) is 0 Å². The lowest BCUT2D eigenvalue weighted by Gasteiger charge is -2.18. The number of nitrogens with two attached hydrogens (primary N) is 1. The highest BCUT2D eigenvalue weighted by Crippen LogP contribution is 2.25. The van der Waals surface area contributed by atoms with Crippen LogP contribution in [0.15, 0.2) is 30.3 Å². The van der Waals surface area contributed by atoms with Crippen LogP contribution in [0.2, 0.25) is 0 Å². The SMILES string of the molecule is Cc1cc(F)cc(C)c1C(N)Cc1ccc(F)c(F)c1. The molecule has 0 saturated carbocycles. The molecule has 2 aromatic rings. The summed E-state index contributed by atoms with van der Waals surface area (Å²) in [5.41, 5.74) is 9.11. The van der Waals surface area contributed by atoms with Gasteiger partial charge in [-0.1, -0.05) is 6.07 Å².